The Bertz CT molecular complexity index is 913. The average molecular weight is 396 g/mol. The lowest BCUT2D eigenvalue weighted by Gasteiger charge is -2.12. The van der Waals surface area contributed by atoms with Gasteiger partial charge < -0.3 is 14.2 Å². The Hall–Kier alpha value is -3.41. The molecule has 0 atom stereocenters. The highest BCUT2D eigenvalue weighted by atomic mass is 16.5. The SMILES string of the molecule is CCOC(=O)/C(=C/c1ccccc1OCc1ccccc1C)C(=O)COC(C)=O. The Morgan fingerprint density at radius 3 is 2.34 bits per heavy atom. The summed E-state index contributed by atoms with van der Waals surface area (Å²) in [6.07, 6.45) is 1.40. The zero-order valence-corrected chi connectivity index (χ0v) is 16.8. The Labute approximate surface area is 170 Å². The molecule has 2 aromatic carbocycles. The van der Waals surface area contributed by atoms with Gasteiger partial charge in [0.15, 0.2) is 6.61 Å². The third-order valence-electron chi connectivity index (χ3n) is 4.07. The fourth-order valence-corrected chi connectivity index (χ4v) is 2.52. The molecule has 0 aromatic heterocycles. The second-order valence-electron chi connectivity index (χ2n) is 6.23. The van der Waals surface area contributed by atoms with Crippen molar-refractivity contribution in [2.75, 3.05) is 13.2 Å². The van der Waals surface area contributed by atoms with Crippen LogP contribution in [-0.4, -0.2) is 30.9 Å². The number of esters is 2. The van der Waals surface area contributed by atoms with Gasteiger partial charge >= 0.3 is 11.9 Å². The summed E-state index contributed by atoms with van der Waals surface area (Å²) in [6.45, 7) is 4.75. The molecule has 2 rings (SSSR count). The normalized spacial score (nSPS) is 10.9. The van der Waals surface area contributed by atoms with E-state index in [1.54, 1.807) is 31.2 Å². The first-order valence-corrected chi connectivity index (χ1v) is 9.24. The molecule has 0 aliphatic heterocycles. The van der Waals surface area contributed by atoms with Crippen molar-refractivity contribution in [3.05, 3.63) is 70.8 Å². The number of Topliss-reactive ketones (excluding diaryl/α,β-unsaturated/α-hetero) is 1. The fourth-order valence-electron chi connectivity index (χ4n) is 2.52. The molecule has 0 saturated heterocycles. The van der Waals surface area contributed by atoms with Gasteiger partial charge in [0.05, 0.1) is 6.61 Å². The number of hydrogen-bond donors (Lipinski definition) is 0. The molecule has 0 saturated carbocycles. The highest BCUT2D eigenvalue weighted by Gasteiger charge is 2.21. The number of hydrogen-bond acceptors (Lipinski definition) is 6. The molecule has 0 unspecified atom stereocenters. The minimum absolute atomic E-state index is 0.114. The molecule has 152 valence electrons. The van der Waals surface area contributed by atoms with Gasteiger partial charge in [-0.2, -0.15) is 0 Å². The van der Waals surface area contributed by atoms with Gasteiger partial charge in [0.25, 0.3) is 0 Å². The first-order valence-electron chi connectivity index (χ1n) is 9.24. The Balaban J connectivity index is 2.30. The lowest BCUT2D eigenvalue weighted by molar-refractivity contribution is -0.147. The highest BCUT2D eigenvalue weighted by Crippen LogP contribution is 2.23. The van der Waals surface area contributed by atoms with Crippen molar-refractivity contribution in [2.45, 2.75) is 27.4 Å². The standard InChI is InChI=1S/C23H24O6/c1-4-27-23(26)20(21(25)15-28-17(3)24)13-18-10-7-8-12-22(18)29-14-19-11-6-5-9-16(19)2/h5-13H,4,14-15H2,1-3H3/b20-13+. The maximum Gasteiger partial charge on any atom is 0.341 e. The van der Waals surface area contributed by atoms with E-state index in [1.165, 1.54) is 13.0 Å². The van der Waals surface area contributed by atoms with Crippen LogP contribution in [0, 0.1) is 6.92 Å². The van der Waals surface area contributed by atoms with Crippen LogP contribution < -0.4 is 4.74 Å². The minimum atomic E-state index is -0.779. The zero-order valence-electron chi connectivity index (χ0n) is 16.8. The number of ketones is 1. The largest absolute Gasteiger partial charge is 0.488 e. The van der Waals surface area contributed by atoms with Crippen molar-refractivity contribution in [1.29, 1.82) is 0 Å². The van der Waals surface area contributed by atoms with Crippen molar-refractivity contribution in [2.24, 2.45) is 0 Å². The Morgan fingerprint density at radius 2 is 1.66 bits per heavy atom. The summed E-state index contributed by atoms with van der Waals surface area (Å²) < 4.78 is 15.6. The molecular formula is C23H24O6. The molecule has 0 N–H and O–H groups in total. The van der Waals surface area contributed by atoms with Crippen LogP contribution in [0.15, 0.2) is 54.1 Å². The second kappa shape index (κ2) is 10.8. The quantitative estimate of drug-likeness (QED) is 0.279. The molecule has 6 nitrogen and oxygen atoms in total. The van der Waals surface area contributed by atoms with E-state index in [2.05, 4.69) is 0 Å². The molecule has 0 spiro atoms. The molecule has 0 aliphatic rings. The molecule has 0 heterocycles. The molecule has 0 radical (unpaired) electrons. The van der Waals surface area contributed by atoms with Crippen molar-refractivity contribution in [3.63, 3.8) is 0 Å². The van der Waals surface area contributed by atoms with Crippen molar-refractivity contribution < 1.29 is 28.6 Å². The lowest BCUT2D eigenvalue weighted by Crippen LogP contribution is -2.21. The first kappa shape index (κ1) is 21.9. The number of rotatable bonds is 9. The van der Waals surface area contributed by atoms with Crippen LogP contribution in [-0.2, 0) is 30.5 Å². The molecule has 29 heavy (non-hydrogen) atoms. The summed E-state index contributed by atoms with van der Waals surface area (Å²) >= 11 is 0. The summed E-state index contributed by atoms with van der Waals surface area (Å²) in [5.74, 6) is -1.52. The van der Waals surface area contributed by atoms with E-state index >= 15 is 0 Å². The van der Waals surface area contributed by atoms with Gasteiger partial charge in [-0.05, 0) is 37.1 Å². The average Bonchev–Trinajstić information content (AvgIpc) is 2.70. The number of carbonyl (C=O) groups is 3. The van der Waals surface area contributed by atoms with Gasteiger partial charge in [-0.1, -0.05) is 42.5 Å². The molecule has 2 aromatic rings. The van der Waals surface area contributed by atoms with Gasteiger partial charge in [-0.25, -0.2) is 4.79 Å². The minimum Gasteiger partial charge on any atom is -0.488 e. The van der Waals surface area contributed by atoms with E-state index in [0.29, 0.717) is 17.9 Å². The van der Waals surface area contributed by atoms with Gasteiger partial charge in [-0.3, -0.25) is 9.59 Å². The predicted octanol–water partition coefficient (Wildman–Crippen LogP) is 3.65. The third kappa shape index (κ3) is 6.60. The number of para-hydroxylation sites is 1. The van der Waals surface area contributed by atoms with Crippen LogP contribution in [0.1, 0.15) is 30.5 Å². The Kier molecular flexibility index (Phi) is 8.15. The monoisotopic (exact) mass is 396 g/mol. The highest BCUT2D eigenvalue weighted by molar-refractivity contribution is 6.21. The molecular weight excluding hydrogens is 372 g/mol. The van der Waals surface area contributed by atoms with Crippen LogP contribution in [0.25, 0.3) is 6.08 Å². The van der Waals surface area contributed by atoms with E-state index in [-0.39, 0.29) is 12.2 Å². The summed E-state index contributed by atoms with van der Waals surface area (Å²) in [6, 6.07) is 14.9. The molecule has 0 aliphatic carbocycles. The molecule has 0 amide bonds. The maximum absolute atomic E-state index is 12.4. The lowest BCUT2D eigenvalue weighted by atomic mass is 10.1. The summed E-state index contributed by atoms with van der Waals surface area (Å²) in [5.41, 5.74) is 2.47. The van der Waals surface area contributed by atoms with Crippen LogP contribution in [0.3, 0.4) is 0 Å². The predicted molar refractivity (Wildman–Crippen MR) is 108 cm³/mol. The number of ether oxygens (including phenoxy) is 3. The topological polar surface area (TPSA) is 78.9 Å². The van der Waals surface area contributed by atoms with Gasteiger partial charge in [0.1, 0.15) is 17.9 Å². The smallest absolute Gasteiger partial charge is 0.341 e. The summed E-state index contributed by atoms with van der Waals surface area (Å²) in [5, 5.41) is 0. The molecule has 0 fully saturated rings. The van der Waals surface area contributed by atoms with Gasteiger partial charge in [-0.15, -0.1) is 0 Å². The van der Waals surface area contributed by atoms with Crippen molar-refractivity contribution >= 4 is 23.8 Å². The van der Waals surface area contributed by atoms with Gasteiger partial charge in [0.2, 0.25) is 5.78 Å². The van der Waals surface area contributed by atoms with E-state index in [9.17, 15) is 14.4 Å². The third-order valence-corrected chi connectivity index (χ3v) is 4.07. The van der Waals surface area contributed by atoms with Crippen LogP contribution in [0.5, 0.6) is 5.75 Å². The van der Waals surface area contributed by atoms with E-state index in [0.717, 1.165) is 11.1 Å². The van der Waals surface area contributed by atoms with Crippen LogP contribution >= 0.6 is 0 Å². The van der Waals surface area contributed by atoms with Crippen LogP contribution in [0.2, 0.25) is 0 Å². The number of carbonyl (C=O) groups excluding carboxylic acids is 3. The first-order chi connectivity index (χ1) is 13.9. The fraction of sp³-hybridized carbons (Fsp3) is 0.261. The maximum atomic E-state index is 12.4. The summed E-state index contributed by atoms with van der Waals surface area (Å²) in [4.78, 5) is 35.7. The molecule has 6 heteroatoms. The van der Waals surface area contributed by atoms with Crippen molar-refractivity contribution in [3.8, 4) is 5.75 Å². The number of benzene rings is 2. The van der Waals surface area contributed by atoms with Crippen LogP contribution in [0.4, 0.5) is 0 Å². The Morgan fingerprint density at radius 1 is 0.966 bits per heavy atom. The number of aryl methyl sites for hydroxylation is 1. The van der Waals surface area contributed by atoms with E-state index < -0.39 is 24.3 Å². The van der Waals surface area contributed by atoms with Crippen molar-refractivity contribution in [1.82, 2.24) is 0 Å². The second-order valence-corrected chi connectivity index (χ2v) is 6.23. The zero-order chi connectivity index (χ0) is 21.2. The molecule has 0 bridgehead atoms. The van der Waals surface area contributed by atoms with Gasteiger partial charge in [0, 0.05) is 12.5 Å². The van der Waals surface area contributed by atoms with E-state index in [1.807, 2.05) is 31.2 Å². The van der Waals surface area contributed by atoms with E-state index in [4.69, 9.17) is 14.2 Å². The summed E-state index contributed by atoms with van der Waals surface area (Å²) in [7, 11) is 0.